The molecule has 0 amide bonds. The van der Waals surface area contributed by atoms with Crippen LogP contribution in [0.1, 0.15) is 0 Å². The van der Waals surface area contributed by atoms with Crippen LogP contribution in [0.5, 0.6) is 0 Å². The summed E-state index contributed by atoms with van der Waals surface area (Å²) in [5.41, 5.74) is 7.38. The van der Waals surface area contributed by atoms with E-state index < -0.39 is 0 Å². The van der Waals surface area contributed by atoms with E-state index in [1.54, 1.807) is 6.20 Å². The van der Waals surface area contributed by atoms with Gasteiger partial charge in [-0.3, -0.25) is 0 Å². The number of aromatic nitrogens is 2. The van der Waals surface area contributed by atoms with Crippen molar-refractivity contribution >= 4 is 5.69 Å². The average Bonchev–Trinajstić information content (AvgIpc) is 2.66. The van der Waals surface area contributed by atoms with E-state index >= 15 is 0 Å². The van der Waals surface area contributed by atoms with Gasteiger partial charge in [-0.05, 0) is 12.1 Å². The molecule has 0 fully saturated rings. The van der Waals surface area contributed by atoms with Crippen LogP contribution in [0.2, 0.25) is 0 Å². The Labute approximate surface area is 88.0 Å². The number of nitrogen functional groups attached to an aromatic ring is 1. The van der Waals surface area contributed by atoms with E-state index in [2.05, 4.69) is 4.98 Å². The summed E-state index contributed by atoms with van der Waals surface area (Å²) in [6.07, 6.45) is 3.56. The maximum atomic E-state index is 8.89. The minimum atomic E-state index is 0.103. The SMILES string of the molecule is Nc1cccc(-c2nccn2CCO)c1. The van der Waals surface area contributed by atoms with Crippen molar-refractivity contribution in [2.24, 2.45) is 0 Å². The zero-order valence-electron chi connectivity index (χ0n) is 8.30. The molecule has 1 heterocycles. The molecule has 0 aliphatic rings. The highest BCUT2D eigenvalue weighted by atomic mass is 16.3. The molecule has 1 aromatic carbocycles. The highest BCUT2D eigenvalue weighted by Gasteiger charge is 2.04. The van der Waals surface area contributed by atoms with Crippen LogP contribution < -0.4 is 5.73 Å². The van der Waals surface area contributed by atoms with Crippen LogP contribution in [-0.2, 0) is 6.54 Å². The molecule has 0 unspecified atom stereocenters. The van der Waals surface area contributed by atoms with Crippen molar-refractivity contribution in [3.05, 3.63) is 36.7 Å². The van der Waals surface area contributed by atoms with Gasteiger partial charge < -0.3 is 15.4 Å². The van der Waals surface area contributed by atoms with Gasteiger partial charge in [-0.2, -0.15) is 0 Å². The summed E-state index contributed by atoms with van der Waals surface area (Å²) in [7, 11) is 0. The van der Waals surface area contributed by atoms with Gasteiger partial charge in [-0.25, -0.2) is 4.98 Å². The van der Waals surface area contributed by atoms with Crippen molar-refractivity contribution in [2.75, 3.05) is 12.3 Å². The first-order valence-corrected chi connectivity index (χ1v) is 4.79. The summed E-state index contributed by atoms with van der Waals surface area (Å²) in [4.78, 5) is 4.24. The van der Waals surface area contributed by atoms with E-state index in [0.29, 0.717) is 12.2 Å². The lowest BCUT2D eigenvalue weighted by atomic mass is 10.2. The molecule has 3 N–H and O–H groups in total. The molecule has 0 bridgehead atoms. The second-order valence-corrected chi connectivity index (χ2v) is 3.29. The molecule has 2 aromatic rings. The fourth-order valence-electron chi connectivity index (χ4n) is 1.54. The largest absolute Gasteiger partial charge is 0.399 e. The molecular weight excluding hydrogens is 190 g/mol. The molecule has 0 radical (unpaired) electrons. The molecule has 0 saturated heterocycles. The Morgan fingerprint density at radius 2 is 2.27 bits per heavy atom. The van der Waals surface area contributed by atoms with Crippen LogP contribution in [0.3, 0.4) is 0 Å². The first-order valence-electron chi connectivity index (χ1n) is 4.79. The van der Waals surface area contributed by atoms with Crippen LogP contribution in [0, 0.1) is 0 Å². The van der Waals surface area contributed by atoms with Crippen LogP contribution in [0.4, 0.5) is 5.69 Å². The quantitative estimate of drug-likeness (QED) is 0.735. The van der Waals surface area contributed by atoms with Crippen molar-refractivity contribution in [1.82, 2.24) is 9.55 Å². The Morgan fingerprint density at radius 1 is 1.40 bits per heavy atom. The molecule has 78 valence electrons. The molecule has 4 nitrogen and oxygen atoms in total. The predicted octanol–water partition coefficient (Wildman–Crippen LogP) is 1.12. The summed E-state index contributed by atoms with van der Waals surface area (Å²) < 4.78 is 1.90. The zero-order chi connectivity index (χ0) is 10.7. The molecule has 4 heteroatoms. The summed E-state index contributed by atoms with van der Waals surface area (Å²) in [6, 6.07) is 7.55. The average molecular weight is 203 g/mol. The van der Waals surface area contributed by atoms with Gasteiger partial charge in [-0.15, -0.1) is 0 Å². The third-order valence-electron chi connectivity index (χ3n) is 2.20. The van der Waals surface area contributed by atoms with Crippen LogP contribution in [0.15, 0.2) is 36.7 Å². The Balaban J connectivity index is 2.40. The molecule has 15 heavy (non-hydrogen) atoms. The number of aliphatic hydroxyl groups excluding tert-OH is 1. The summed E-state index contributed by atoms with van der Waals surface area (Å²) in [5.74, 6) is 0.830. The van der Waals surface area contributed by atoms with Gasteiger partial charge in [0, 0.05) is 30.2 Å². The lowest BCUT2D eigenvalue weighted by Crippen LogP contribution is -2.03. The van der Waals surface area contributed by atoms with Gasteiger partial charge in [0.25, 0.3) is 0 Å². The van der Waals surface area contributed by atoms with Gasteiger partial charge >= 0.3 is 0 Å². The first-order chi connectivity index (χ1) is 7.31. The lowest BCUT2D eigenvalue weighted by Gasteiger charge is -2.06. The van der Waals surface area contributed by atoms with E-state index in [-0.39, 0.29) is 6.61 Å². The van der Waals surface area contributed by atoms with Crippen molar-refractivity contribution in [2.45, 2.75) is 6.54 Å². The van der Waals surface area contributed by atoms with Crippen molar-refractivity contribution in [3.8, 4) is 11.4 Å². The van der Waals surface area contributed by atoms with Gasteiger partial charge in [0.15, 0.2) is 0 Å². The number of anilines is 1. The normalized spacial score (nSPS) is 10.5. The summed E-state index contributed by atoms with van der Waals surface area (Å²) in [6.45, 7) is 0.649. The second kappa shape index (κ2) is 4.14. The Kier molecular flexibility index (Phi) is 2.69. The summed E-state index contributed by atoms with van der Waals surface area (Å²) in [5, 5.41) is 8.89. The standard InChI is InChI=1S/C11H13N3O/c12-10-3-1-2-9(8-10)11-13-4-5-14(11)6-7-15/h1-5,8,15H,6-7,12H2. The molecule has 0 spiro atoms. The highest BCUT2D eigenvalue weighted by molar-refractivity contribution is 5.61. The number of rotatable bonds is 3. The Morgan fingerprint density at radius 3 is 3.00 bits per heavy atom. The minimum absolute atomic E-state index is 0.103. The van der Waals surface area contributed by atoms with E-state index in [0.717, 1.165) is 11.4 Å². The molecule has 0 atom stereocenters. The summed E-state index contributed by atoms with van der Waals surface area (Å²) >= 11 is 0. The van der Waals surface area contributed by atoms with Crippen LogP contribution in [-0.4, -0.2) is 21.3 Å². The Bertz CT molecular complexity index is 451. The number of aliphatic hydroxyl groups is 1. The van der Waals surface area contributed by atoms with Gasteiger partial charge in [0.2, 0.25) is 0 Å². The van der Waals surface area contributed by atoms with Gasteiger partial charge in [0.05, 0.1) is 6.61 Å². The number of imidazole rings is 1. The number of benzene rings is 1. The number of nitrogens with two attached hydrogens (primary N) is 1. The van der Waals surface area contributed by atoms with Crippen molar-refractivity contribution in [1.29, 1.82) is 0 Å². The van der Waals surface area contributed by atoms with E-state index in [1.807, 2.05) is 35.0 Å². The van der Waals surface area contributed by atoms with E-state index in [4.69, 9.17) is 10.8 Å². The van der Waals surface area contributed by atoms with Gasteiger partial charge in [-0.1, -0.05) is 12.1 Å². The molecule has 0 aliphatic heterocycles. The number of hydrogen-bond acceptors (Lipinski definition) is 3. The number of hydrogen-bond donors (Lipinski definition) is 2. The maximum absolute atomic E-state index is 8.89. The maximum Gasteiger partial charge on any atom is 0.140 e. The zero-order valence-corrected chi connectivity index (χ0v) is 8.30. The van der Waals surface area contributed by atoms with Crippen molar-refractivity contribution in [3.63, 3.8) is 0 Å². The van der Waals surface area contributed by atoms with E-state index in [1.165, 1.54) is 0 Å². The highest BCUT2D eigenvalue weighted by Crippen LogP contribution is 2.19. The predicted molar refractivity (Wildman–Crippen MR) is 59.2 cm³/mol. The van der Waals surface area contributed by atoms with Crippen LogP contribution >= 0.6 is 0 Å². The fraction of sp³-hybridized carbons (Fsp3) is 0.182. The molecule has 1 aromatic heterocycles. The monoisotopic (exact) mass is 203 g/mol. The molecular formula is C11H13N3O. The molecule has 0 saturated carbocycles. The second-order valence-electron chi connectivity index (χ2n) is 3.29. The smallest absolute Gasteiger partial charge is 0.140 e. The minimum Gasteiger partial charge on any atom is -0.399 e. The fourth-order valence-corrected chi connectivity index (χ4v) is 1.54. The Hall–Kier alpha value is -1.81. The third kappa shape index (κ3) is 1.99. The van der Waals surface area contributed by atoms with Crippen molar-refractivity contribution < 1.29 is 5.11 Å². The van der Waals surface area contributed by atoms with E-state index in [9.17, 15) is 0 Å². The third-order valence-corrected chi connectivity index (χ3v) is 2.20. The molecule has 2 rings (SSSR count). The molecule has 0 aliphatic carbocycles. The van der Waals surface area contributed by atoms with Crippen LogP contribution in [0.25, 0.3) is 11.4 Å². The lowest BCUT2D eigenvalue weighted by molar-refractivity contribution is 0.276. The van der Waals surface area contributed by atoms with Gasteiger partial charge in [0.1, 0.15) is 5.82 Å². The number of nitrogens with zero attached hydrogens (tertiary/aromatic N) is 2. The first kappa shape index (κ1) is 9.73. The topological polar surface area (TPSA) is 64.1 Å².